The summed E-state index contributed by atoms with van der Waals surface area (Å²) >= 11 is 1.43. The van der Waals surface area contributed by atoms with Crippen LogP contribution in [0.15, 0.2) is 36.4 Å². The first-order valence-corrected chi connectivity index (χ1v) is 8.76. The van der Waals surface area contributed by atoms with Crippen molar-refractivity contribution in [2.24, 2.45) is 5.92 Å². The lowest BCUT2D eigenvalue weighted by molar-refractivity contribution is -0.117. The number of amides is 1. The average Bonchev–Trinajstić information content (AvgIpc) is 3.13. The summed E-state index contributed by atoms with van der Waals surface area (Å²) < 4.78 is 14.0. The van der Waals surface area contributed by atoms with Gasteiger partial charge in [-0.15, -0.1) is 0 Å². The molecule has 0 unspecified atom stereocenters. The highest BCUT2D eigenvalue weighted by Crippen LogP contribution is 2.36. The van der Waals surface area contributed by atoms with Gasteiger partial charge in [0.25, 0.3) is 0 Å². The molecule has 0 radical (unpaired) electrons. The number of halogens is 1. The largest absolute Gasteiger partial charge is 0.302 e. The maximum absolute atomic E-state index is 13.0. The zero-order valence-electron chi connectivity index (χ0n) is 13.5. The Kier molecular flexibility index (Phi) is 3.61. The second-order valence-corrected chi connectivity index (χ2v) is 7.35. The summed E-state index contributed by atoms with van der Waals surface area (Å²) in [5.74, 6) is -0.765. The third kappa shape index (κ3) is 2.69. The molecule has 2 aromatic carbocycles. The summed E-state index contributed by atoms with van der Waals surface area (Å²) in [6, 6.07) is 12.4. The number of fused-ring (bicyclic) bond motifs is 1. The maximum Gasteiger partial charge on any atom is 0.232 e. The van der Waals surface area contributed by atoms with E-state index in [2.05, 4.69) is 54.5 Å². The highest BCUT2D eigenvalue weighted by atomic mass is 32.1. The fraction of sp³-hybridized carbons (Fsp3) is 0.263. The summed E-state index contributed by atoms with van der Waals surface area (Å²) in [6.07, 6.45) is -0.664. The standard InChI is InChI=1S/C19H17FN2OS/c1-10-4-3-5-11(2)17(10)12-6-7-15-16(8-12)24-19(21-15)22-18(23)13-9-14(13)20/h3-8,13-14H,9H2,1-2H3,(H,21,22,23)/t13-,14+/m1/s1. The lowest BCUT2D eigenvalue weighted by atomic mass is 9.96. The van der Waals surface area contributed by atoms with E-state index in [-0.39, 0.29) is 5.91 Å². The number of aromatic nitrogens is 1. The Bertz CT molecular complexity index is 929. The summed E-state index contributed by atoms with van der Waals surface area (Å²) in [6.45, 7) is 4.21. The monoisotopic (exact) mass is 340 g/mol. The van der Waals surface area contributed by atoms with Gasteiger partial charge in [0.15, 0.2) is 5.13 Å². The maximum atomic E-state index is 13.0. The Labute approximate surface area is 143 Å². The summed E-state index contributed by atoms with van der Waals surface area (Å²) in [4.78, 5) is 16.3. The van der Waals surface area contributed by atoms with Crippen molar-refractivity contribution in [3.05, 3.63) is 47.5 Å². The van der Waals surface area contributed by atoms with Crippen LogP contribution < -0.4 is 5.32 Å². The van der Waals surface area contributed by atoms with Crippen LogP contribution in [0.1, 0.15) is 17.5 Å². The van der Waals surface area contributed by atoms with Gasteiger partial charge in [0.1, 0.15) is 6.17 Å². The molecule has 24 heavy (non-hydrogen) atoms. The zero-order valence-corrected chi connectivity index (χ0v) is 14.3. The number of nitrogens with one attached hydrogen (secondary N) is 1. The number of hydrogen-bond acceptors (Lipinski definition) is 3. The molecule has 5 heteroatoms. The number of rotatable bonds is 3. The third-order valence-corrected chi connectivity index (χ3v) is 5.37. The number of carbonyl (C=O) groups is 1. The molecular weight excluding hydrogens is 323 g/mol. The van der Waals surface area contributed by atoms with Gasteiger partial charge in [0.05, 0.1) is 16.1 Å². The number of benzene rings is 2. The van der Waals surface area contributed by atoms with Crippen LogP contribution in [0, 0.1) is 19.8 Å². The van der Waals surface area contributed by atoms with Crippen molar-refractivity contribution in [1.29, 1.82) is 0 Å². The van der Waals surface area contributed by atoms with Gasteiger partial charge in [-0.2, -0.15) is 0 Å². The van der Waals surface area contributed by atoms with Gasteiger partial charge < -0.3 is 5.32 Å². The highest BCUT2D eigenvalue weighted by Gasteiger charge is 2.43. The summed E-state index contributed by atoms with van der Waals surface area (Å²) in [7, 11) is 0. The van der Waals surface area contributed by atoms with Gasteiger partial charge in [-0.05, 0) is 54.7 Å². The van der Waals surface area contributed by atoms with Gasteiger partial charge in [-0.1, -0.05) is 35.6 Å². The topological polar surface area (TPSA) is 42.0 Å². The Balaban J connectivity index is 1.67. The van der Waals surface area contributed by atoms with Crippen LogP contribution in [0.25, 0.3) is 21.3 Å². The quantitative estimate of drug-likeness (QED) is 0.738. The third-order valence-electron chi connectivity index (χ3n) is 4.44. The molecule has 0 bridgehead atoms. The Morgan fingerprint density at radius 2 is 1.96 bits per heavy atom. The van der Waals surface area contributed by atoms with Gasteiger partial charge >= 0.3 is 0 Å². The van der Waals surface area contributed by atoms with Crippen molar-refractivity contribution < 1.29 is 9.18 Å². The van der Waals surface area contributed by atoms with E-state index in [4.69, 9.17) is 0 Å². The molecule has 4 rings (SSSR count). The fourth-order valence-electron chi connectivity index (χ4n) is 3.04. The molecule has 1 N–H and O–H groups in total. The minimum absolute atomic E-state index is 0.267. The lowest BCUT2D eigenvalue weighted by Gasteiger charge is -2.09. The molecule has 1 aliphatic carbocycles. The van der Waals surface area contributed by atoms with Crippen molar-refractivity contribution in [1.82, 2.24) is 4.98 Å². The molecule has 3 aromatic rings. The van der Waals surface area contributed by atoms with E-state index in [1.807, 2.05) is 6.07 Å². The van der Waals surface area contributed by atoms with Crippen molar-refractivity contribution in [2.75, 3.05) is 5.32 Å². The first-order valence-electron chi connectivity index (χ1n) is 7.95. The van der Waals surface area contributed by atoms with Crippen LogP contribution in [0.4, 0.5) is 9.52 Å². The molecule has 0 saturated heterocycles. The Morgan fingerprint density at radius 1 is 1.25 bits per heavy atom. The van der Waals surface area contributed by atoms with Crippen molar-refractivity contribution in [2.45, 2.75) is 26.4 Å². The molecule has 2 atom stereocenters. The van der Waals surface area contributed by atoms with E-state index in [0.717, 1.165) is 15.8 Å². The molecular formula is C19H17FN2OS. The first kappa shape index (κ1) is 15.3. The molecule has 1 heterocycles. The van der Waals surface area contributed by atoms with E-state index in [0.29, 0.717) is 11.6 Å². The van der Waals surface area contributed by atoms with E-state index in [1.165, 1.54) is 28.0 Å². The molecule has 1 aliphatic rings. The first-order chi connectivity index (χ1) is 11.5. The molecule has 1 fully saturated rings. The normalized spacial score (nSPS) is 19.5. The van der Waals surface area contributed by atoms with E-state index < -0.39 is 12.1 Å². The van der Waals surface area contributed by atoms with Gasteiger partial charge in [0.2, 0.25) is 5.91 Å². The van der Waals surface area contributed by atoms with Crippen LogP contribution >= 0.6 is 11.3 Å². The highest BCUT2D eigenvalue weighted by molar-refractivity contribution is 7.22. The summed E-state index contributed by atoms with van der Waals surface area (Å²) in [5.41, 5.74) is 5.69. The van der Waals surface area contributed by atoms with Gasteiger partial charge in [0, 0.05) is 0 Å². The van der Waals surface area contributed by atoms with Crippen LogP contribution in [0.5, 0.6) is 0 Å². The Morgan fingerprint density at radius 3 is 2.62 bits per heavy atom. The summed E-state index contributed by atoms with van der Waals surface area (Å²) in [5, 5.41) is 3.27. The Hall–Kier alpha value is -2.27. The molecule has 122 valence electrons. The van der Waals surface area contributed by atoms with E-state index in [9.17, 15) is 9.18 Å². The minimum atomic E-state index is -0.991. The number of carbonyl (C=O) groups excluding carboxylic acids is 1. The van der Waals surface area contributed by atoms with Gasteiger partial charge in [-0.3, -0.25) is 4.79 Å². The second-order valence-electron chi connectivity index (χ2n) is 6.32. The van der Waals surface area contributed by atoms with Crippen molar-refractivity contribution >= 4 is 32.6 Å². The SMILES string of the molecule is Cc1cccc(C)c1-c1ccc2nc(NC(=O)[C@@H]3C[C@@H]3F)sc2c1. The van der Waals surface area contributed by atoms with Crippen LogP contribution in [0.3, 0.4) is 0 Å². The number of alkyl halides is 1. The van der Waals surface area contributed by atoms with E-state index >= 15 is 0 Å². The predicted molar refractivity (Wildman–Crippen MR) is 96.2 cm³/mol. The van der Waals surface area contributed by atoms with E-state index in [1.54, 1.807) is 0 Å². The second kappa shape index (κ2) is 5.67. The number of anilines is 1. The number of hydrogen-bond donors (Lipinski definition) is 1. The van der Waals surface area contributed by atoms with Gasteiger partial charge in [-0.25, -0.2) is 9.37 Å². The molecule has 3 nitrogen and oxygen atoms in total. The fourth-order valence-corrected chi connectivity index (χ4v) is 3.94. The minimum Gasteiger partial charge on any atom is -0.302 e. The lowest BCUT2D eigenvalue weighted by Crippen LogP contribution is -2.14. The van der Waals surface area contributed by atoms with Crippen LogP contribution in [-0.4, -0.2) is 17.1 Å². The van der Waals surface area contributed by atoms with Crippen molar-refractivity contribution in [3.63, 3.8) is 0 Å². The van der Waals surface area contributed by atoms with Crippen LogP contribution in [-0.2, 0) is 4.79 Å². The van der Waals surface area contributed by atoms with Crippen LogP contribution in [0.2, 0.25) is 0 Å². The smallest absolute Gasteiger partial charge is 0.232 e. The molecule has 1 aromatic heterocycles. The number of nitrogens with zero attached hydrogens (tertiary/aromatic N) is 1. The number of aryl methyl sites for hydroxylation is 2. The molecule has 1 saturated carbocycles. The molecule has 0 spiro atoms. The zero-order chi connectivity index (χ0) is 16.8. The number of thiazole rings is 1. The molecule has 1 amide bonds. The predicted octanol–water partition coefficient (Wildman–Crippen LogP) is 4.88. The average molecular weight is 340 g/mol. The molecule has 0 aliphatic heterocycles. The van der Waals surface area contributed by atoms with Crippen molar-refractivity contribution in [3.8, 4) is 11.1 Å².